The van der Waals surface area contributed by atoms with Gasteiger partial charge in [-0.05, 0) is 42.5 Å². The molecule has 0 unspecified atom stereocenters. The molecule has 2 aromatic rings. The molecule has 38 heavy (non-hydrogen) atoms. The first-order valence-corrected chi connectivity index (χ1v) is 13.4. The van der Waals surface area contributed by atoms with Crippen LogP contribution in [0.4, 0.5) is 0 Å². The number of nitroso groups, excluding NO2 is 1. The highest BCUT2D eigenvalue weighted by molar-refractivity contribution is 5.91. The van der Waals surface area contributed by atoms with Crippen LogP contribution in [0, 0.1) is 4.91 Å². The second-order valence-corrected chi connectivity index (χ2v) is 9.61. The number of hydrogen-bond donors (Lipinski definition) is 1. The van der Waals surface area contributed by atoms with Crippen molar-refractivity contribution in [1.82, 2.24) is 19.7 Å². The van der Waals surface area contributed by atoms with Crippen molar-refractivity contribution in [2.24, 2.45) is 5.18 Å². The minimum absolute atomic E-state index is 0.0289. The van der Waals surface area contributed by atoms with Gasteiger partial charge in [0.2, 0.25) is 11.8 Å². The summed E-state index contributed by atoms with van der Waals surface area (Å²) in [7, 11) is 3.15. The number of likely N-dealkylation sites (N-methyl/N-ethyl adjacent to an activating group) is 2. The average molecular weight is 528 g/mol. The van der Waals surface area contributed by atoms with Crippen LogP contribution in [0.15, 0.2) is 35.6 Å². The molecule has 2 amide bonds. The third-order valence-electron chi connectivity index (χ3n) is 6.98. The monoisotopic (exact) mass is 527 g/mol. The molecule has 10 heteroatoms. The molecule has 0 fully saturated rings. The summed E-state index contributed by atoms with van der Waals surface area (Å²) in [6.45, 7) is 4.17. The van der Waals surface area contributed by atoms with E-state index in [2.05, 4.69) is 10.5 Å². The zero-order valence-electron chi connectivity index (χ0n) is 23.0. The fourth-order valence-corrected chi connectivity index (χ4v) is 4.74. The molecule has 0 aliphatic heterocycles. The van der Waals surface area contributed by atoms with Crippen molar-refractivity contribution >= 4 is 35.3 Å². The molecule has 0 radical (unpaired) electrons. The quantitative estimate of drug-likeness (QED) is 0.235. The van der Waals surface area contributed by atoms with Crippen LogP contribution in [-0.4, -0.2) is 77.6 Å². The van der Waals surface area contributed by atoms with Crippen molar-refractivity contribution in [3.63, 3.8) is 0 Å². The van der Waals surface area contributed by atoms with Crippen LogP contribution in [0.25, 0.3) is 10.9 Å². The molecular formula is C28H41N5O5. The maximum Gasteiger partial charge on any atom is 0.246 e. The Kier molecular flexibility index (Phi) is 12.8. The van der Waals surface area contributed by atoms with E-state index in [1.165, 1.54) is 9.80 Å². The van der Waals surface area contributed by atoms with Crippen LogP contribution in [0.5, 0.6) is 0 Å². The number of para-hydroxylation sites is 1. The van der Waals surface area contributed by atoms with E-state index in [1.807, 2.05) is 48.9 Å². The number of unbranched alkanes of at least 4 members (excludes halogenated alkanes) is 2. The molecule has 1 aromatic heterocycles. The summed E-state index contributed by atoms with van der Waals surface area (Å²) in [5.41, 5.74) is 1.73. The largest absolute Gasteiger partial charge is 0.340 e. The van der Waals surface area contributed by atoms with Crippen molar-refractivity contribution in [2.75, 3.05) is 20.6 Å². The lowest BCUT2D eigenvalue weighted by Crippen LogP contribution is -2.55. The number of nitrogens with one attached hydrogen (secondary N) is 1. The Bertz CT molecular complexity index is 1080. The van der Waals surface area contributed by atoms with Crippen molar-refractivity contribution in [3.8, 4) is 0 Å². The lowest BCUT2D eigenvalue weighted by Gasteiger charge is -2.34. The highest BCUT2D eigenvalue weighted by Gasteiger charge is 2.35. The fraction of sp³-hybridized carbons (Fsp3) is 0.571. The van der Waals surface area contributed by atoms with Crippen LogP contribution in [0.2, 0.25) is 0 Å². The van der Waals surface area contributed by atoms with E-state index in [9.17, 15) is 24.1 Å². The summed E-state index contributed by atoms with van der Waals surface area (Å²) in [6.07, 6.45) is 6.95. The molecule has 0 saturated heterocycles. The topological polar surface area (TPSA) is 121 Å². The molecule has 3 atom stereocenters. The Hall–Kier alpha value is -3.40. The molecule has 10 nitrogen and oxygen atoms in total. The SMILES string of the molecule is CCCC[C@@H](N=O)N(C)C(=O)[C@H](CCCC)N(C)C(=O)[C@H](Cc1cn(CC=O)c2ccccc12)NCC=O. The summed E-state index contributed by atoms with van der Waals surface area (Å²) in [4.78, 5) is 64.0. The van der Waals surface area contributed by atoms with Gasteiger partial charge in [-0.3, -0.25) is 14.9 Å². The smallest absolute Gasteiger partial charge is 0.246 e. The molecular weight excluding hydrogens is 486 g/mol. The van der Waals surface area contributed by atoms with Crippen LogP contribution in [0.1, 0.15) is 57.9 Å². The Morgan fingerprint density at radius 3 is 2.32 bits per heavy atom. The third kappa shape index (κ3) is 7.80. The van der Waals surface area contributed by atoms with Crippen LogP contribution in [0.3, 0.4) is 0 Å². The van der Waals surface area contributed by atoms with Crippen molar-refractivity contribution in [3.05, 3.63) is 40.9 Å². The van der Waals surface area contributed by atoms with Gasteiger partial charge in [-0.15, -0.1) is 4.91 Å². The molecule has 2 rings (SSSR count). The van der Waals surface area contributed by atoms with Crippen molar-refractivity contribution in [1.29, 1.82) is 0 Å². The van der Waals surface area contributed by atoms with Gasteiger partial charge in [-0.25, -0.2) is 0 Å². The zero-order valence-corrected chi connectivity index (χ0v) is 23.0. The molecule has 0 aliphatic rings. The number of benzene rings is 1. The molecule has 0 aliphatic carbocycles. The van der Waals surface area contributed by atoms with E-state index in [-0.39, 0.29) is 31.3 Å². The van der Waals surface area contributed by atoms with Crippen LogP contribution < -0.4 is 5.32 Å². The lowest BCUT2D eigenvalue weighted by atomic mass is 10.0. The Morgan fingerprint density at radius 1 is 1.00 bits per heavy atom. The minimum Gasteiger partial charge on any atom is -0.340 e. The van der Waals surface area contributed by atoms with Gasteiger partial charge in [-0.2, -0.15) is 0 Å². The number of nitrogens with zero attached hydrogens (tertiary/aromatic N) is 4. The maximum absolute atomic E-state index is 13.8. The number of carbonyl (C=O) groups is 4. The normalized spacial score (nSPS) is 13.5. The van der Waals surface area contributed by atoms with Gasteiger partial charge in [0.1, 0.15) is 18.6 Å². The number of aldehydes is 2. The number of carbonyl (C=O) groups excluding carboxylic acids is 4. The lowest BCUT2D eigenvalue weighted by molar-refractivity contribution is -0.146. The van der Waals surface area contributed by atoms with Crippen molar-refractivity contribution in [2.45, 2.75) is 83.6 Å². The van der Waals surface area contributed by atoms with Crippen LogP contribution >= 0.6 is 0 Å². The van der Waals surface area contributed by atoms with Gasteiger partial charge < -0.3 is 24.0 Å². The molecule has 1 N–H and O–H groups in total. The van der Waals surface area contributed by atoms with Gasteiger partial charge in [0.05, 0.1) is 19.1 Å². The molecule has 1 heterocycles. The first-order valence-electron chi connectivity index (χ1n) is 13.4. The van der Waals surface area contributed by atoms with E-state index >= 15 is 0 Å². The Labute approximate surface area is 224 Å². The fourth-order valence-electron chi connectivity index (χ4n) is 4.74. The summed E-state index contributed by atoms with van der Waals surface area (Å²) >= 11 is 0. The van der Waals surface area contributed by atoms with Gasteiger partial charge in [0, 0.05) is 31.2 Å². The Morgan fingerprint density at radius 2 is 1.68 bits per heavy atom. The molecule has 0 spiro atoms. The highest BCUT2D eigenvalue weighted by Crippen LogP contribution is 2.24. The van der Waals surface area contributed by atoms with E-state index in [1.54, 1.807) is 14.1 Å². The predicted molar refractivity (Wildman–Crippen MR) is 148 cm³/mol. The molecule has 1 aromatic carbocycles. The number of amides is 2. The number of fused-ring (bicyclic) bond motifs is 1. The Balaban J connectivity index is 2.36. The molecule has 0 saturated carbocycles. The first-order chi connectivity index (χ1) is 18.3. The number of aromatic nitrogens is 1. The van der Waals surface area contributed by atoms with E-state index in [4.69, 9.17) is 0 Å². The minimum atomic E-state index is -0.789. The highest BCUT2D eigenvalue weighted by atomic mass is 16.3. The third-order valence-corrected chi connectivity index (χ3v) is 6.98. The molecule has 208 valence electrons. The van der Waals surface area contributed by atoms with Gasteiger partial charge >= 0.3 is 0 Å². The van der Waals surface area contributed by atoms with E-state index in [0.29, 0.717) is 19.1 Å². The van der Waals surface area contributed by atoms with Gasteiger partial charge in [0.25, 0.3) is 0 Å². The summed E-state index contributed by atoms with van der Waals surface area (Å²) in [5, 5.41) is 7.09. The predicted octanol–water partition coefficient (Wildman–Crippen LogP) is 3.30. The zero-order chi connectivity index (χ0) is 28.1. The van der Waals surface area contributed by atoms with Crippen molar-refractivity contribution < 1.29 is 19.2 Å². The average Bonchev–Trinajstić information content (AvgIpc) is 3.27. The second-order valence-electron chi connectivity index (χ2n) is 9.61. The first kappa shape index (κ1) is 30.8. The molecule has 0 bridgehead atoms. The van der Waals surface area contributed by atoms with E-state index in [0.717, 1.165) is 48.4 Å². The summed E-state index contributed by atoms with van der Waals surface area (Å²) < 4.78 is 1.83. The number of rotatable bonds is 18. The van der Waals surface area contributed by atoms with E-state index < -0.39 is 18.2 Å². The second kappa shape index (κ2) is 15.8. The van der Waals surface area contributed by atoms with Gasteiger partial charge in [0.15, 0.2) is 6.17 Å². The number of hydrogen-bond acceptors (Lipinski definition) is 7. The maximum atomic E-state index is 13.8. The summed E-state index contributed by atoms with van der Waals surface area (Å²) in [5.74, 6) is -0.655. The summed E-state index contributed by atoms with van der Waals surface area (Å²) in [6, 6.07) is 6.08. The standard InChI is InChI=1S/C28H41N5O5/c1-5-7-12-25(28(37)32(4)26(30-38)14-8-6-2)31(3)27(36)23(29-15-17-34)19-21-20-33(16-18-35)24-13-10-9-11-22(21)24/h9-11,13,17-18,20,23,25-26,29H,5-8,12,14-16,19H2,1-4H3/t23-,25-,26-/m0/s1. The van der Waals surface area contributed by atoms with Gasteiger partial charge in [-0.1, -0.05) is 51.3 Å². The van der Waals surface area contributed by atoms with Crippen LogP contribution in [-0.2, 0) is 32.1 Å².